The Labute approximate surface area is 268 Å². The highest BCUT2D eigenvalue weighted by Gasteiger charge is 2.15. The van der Waals surface area contributed by atoms with Crippen molar-refractivity contribution in [2.75, 3.05) is 118 Å². The predicted octanol–water partition coefficient (Wildman–Crippen LogP) is 3.70. The first-order chi connectivity index (χ1) is 21.8. The first-order valence-corrected chi connectivity index (χ1v) is 15.8. The van der Waals surface area contributed by atoms with E-state index in [0.29, 0.717) is 105 Å². The number of benzene rings is 1. The van der Waals surface area contributed by atoms with Crippen LogP contribution in [0.25, 0.3) is 0 Å². The van der Waals surface area contributed by atoms with Crippen LogP contribution in [0, 0.1) is 0 Å². The molecule has 0 saturated heterocycles. The minimum Gasteiger partial charge on any atom is -0.460 e. The second kappa shape index (κ2) is 27.8. The van der Waals surface area contributed by atoms with E-state index in [0.717, 1.165) is 25.1 Å². The van der Waals surface area contributed by atoms with Crippen molar-refractivity contribution in [2.45, 2.75) is 46.1 Å². The summed E-state index contributed by atoms with van der Waals surface area (Å²) in [6.45, 7) is 15.2. The third-order valence-corrected chi connectivity index (χ3v) is 5.59. The van der Waals surface area contributed by atoms with E-state index in [9.17, 15) is 9.59 Å². The molecule has 2 N–H and O–H groups in total. The molecule has 0 spiro atoms. The average Bonchev–Trinajstić information content (AvgIpc) is 3.00. The Bertz CT molecular complexity index is 851. The predicted molar refractivity (Wildman–Crippen MR) is 170 cm³/mol. The van der Waals surface area contributed by atoms with Crippen molar-refractivity contribution in [3.8, 4) is 0 Å². The summed E-state index contributed by atoms with van der Waals surface area (Å²) in [6, 6.07) is 7.27. The van der Waals surface area contributed by atoms with Crippen molar-refractivity contribution in [3.63, 3.8) is 0 Å². The molecule has 0 atom stereocenters. The van der Waals surface area contributed by atoms with Gasteiger partial charge in [-0.2, -0.15) is 0 Å². The van der Waals surface area contributed by atoms with Crippen LogP contribution in [0.15, 0.2) is 24.3 Å². The first kappa shape index (κ1) is 40.5. The smallest absolute Gasteiger partial charge is 0.407 e. The molecule has 45 heavy (non-hydrogen) atoms. The number of rotatable bonds is 29. The van der Waals surface area contributed by atoms with Gasteiger partial charge in [0.25, 0.3) is 0 Å². The summed E-state index contributed by atoms with van der Waals surface area (Å²) in [7, 11) is 0. The number of esters is 1. The summed E-state index contributed by atoms with van der Waals surface area (Å²) in [5.41, 5.74) is 0.994. The number of nitrogens with one attached hydrogen (secondary N) is 2. The van der Waals surface area contributed by atoms with E-state index < -0.39 is 11.7 Å². The Kier molecular flexibility index (Phi) is 25.0. The number of anilines is 1. The number of carbonyl (C=O) groups excluding carboxylic acids is 2. The first-order valence-electron chi connectivity index (χ1n) is 15.8. The zero-order valence-corrected chi connectivity index (χ0v) is 27.7. The molecule has 0 radical (unpaired) electrons. The molecule has 0 heterocycles. The summed E-state index contributed by atoms with van der Waals surface area (Å²) in [6.07, 6.45) is 1.78. The second-order valence-electron chi connectivity index (χ2n) is 10.7. The Morgan fingerprint density at radius 1 is 0.600 bits per heavy atom. The summed E-state index contributed by atoms with van der Waals surface area (Å²) in [4.78, 5) is 23.6. The quantitative estimate of drug-likeness (QED) is 0.0971. The minimum atomic E-state index is -0.514. The van der Waals surface area contributed by atoms with Gasteiger partial charge in [-0.25, -0.2) is 9.59 Å². The van der Waals surface area contributed by atoms with Gasteiger partial charge in [0.2, 0.25) is 0 Å². The molecular weight excluding hydrogens is 588 g/mol. The number of amides is 1. The molecule has 13 heteroatoms. The maximum Gasteiger partial charge on any atom is 0.407 e. The molecule has 1 amide bonds. The SMILES string of the molecule is CCCCNc1ccc(C(=O)OCCOCCOCCOCCOCCOCCOCCOCCNC(=O)OC(C)(C)C)cc1. The summed E-state index contributed by atoms with van der Waals surface area (Å²) >= 11 is 0. The lowest BCUT2D eigenvalue weighted by Crippen LogP contribution is -2.34. The van der Waals surface area contributed by atoms with Gasteiger partial charge in [-0.1, -0.05) is 13.3 Å². The lowest BCUT2D eigenvalue weighted by molar-refractivity contribution is -0.0222. The van der Waals surface area contributed by atoms with Crippen molar-refractivity contribution in [1.82, 2.24) is 5.32 Å². The van der Waals surface area contributed by atoms with Crippen LogP contribution in [0.5, 0.6) is 0 Å². The fourth-order valence-corrected chi connectivity index (χ4v) is 3.37. The lowest BCUT2D eigenvalue weighted by Gasteiger charge is -2.19. The molecule has 1 aromatic carbocycles. The molecule has 0 aliphatic rings. The van der Waals surface area contributed by atoms with Crippen molar-refractivity contribution in [3.05, 3.63) is 29.8 Å². The zero-order chi connectivity index (χ0) is 32.9. The van der Waals surface area contributed by atoms with Gasteiger partial charge in [0, 0.05) is 18.8 Å². The Hall–Kier alpha value is -2.52. The number of alkyl carbamates (subject to hydrolysis) is 1. The number of hydrogen-bond acceptors (Lipinski definition) is 12. The van der Waals surface area contributed by atoms with Crippen LogP contribution in [-0.2, 0) is 42.6 Å². The standard InChI is InChI=1S/C32H56N2O11/c1-5-6-11-33-29-9-7-28(8-10-29)30(35)44-27-26-43-25-24-42-23-22-41-21-20-40-19-18-39-17-16-38-15-14-37-13-12-34-31(36)45-32(2,3)4/h7-10,33H,5-6,11-27H2,1-4H3,(H,34,36). The zero-order valence-electron chi connectivity index (χ0n) is 27.7. The van der Waals surface area contributed by atoms with Gasteiger partial charge in [0.1, 0.15) is 12.2 Å². The van der Waals surface area contributed by atoms with Gasteiger partial charge in [-0.05, 0) is 51.5 Å². The maximum absolute atomic E-state index is 12.1. The summed E-state index contributed by atoms with van der Waals surface area (Å²) in [5, 5.41) is 5.94. The van der Waals surface area contributed by atoms with E-state index in [1.54, 1.807) is 12.1 Å². The molecule has 0 aliphatic heterocycles. The minimum absolute atomic E-state index is 0.186. The Morgan fingerprint density at radius 3 is 1.44 bits per heavy atom. The second-order valence-corrected chi connectivity index (χ2v) is 10.7. The van der Waals surface area contributed by atoms with Crippen LogP contribution in [0.4, 0.5) is 10.5 Å². The van der Waals surface area contributed by atoms with Crippen molar-refractivity contribution in [2.24, 2.45) is 0 Å². The fourth-order valence-electron chi connectivity index (χ4n) is 3.37. The van der Waals surface area contributed by atoms with E-state index >= 15 is 0 Å². The van der Waals surface area contributed by atoms with Gasteiger partial charge in [-0.3, -0.25) is 0 Å². The van der Waals surface area contributed by atoms with Crippen molar-refractivity contribution < 1.29 is 52.2 Å². The number of hydrogen-bond donors (Lipinski definition) is 2. The monoisotopic (exact) mass is 644 g/mol. The topological polar surface area (TPSA) is 141 Å². The summed E-state index contributed by atoms with van der Waals surface area (Å²) < 4.78 is 48.5. The van der Waals surface area contributed by atoms with Gasteiger partial charge in [-0.15, -0.1) is 0 Å². The molecule has 0 saturated carbocycles. The van der Waals surface area contributed by atoms with E-state index in [1.165, 1.54) is 0 Å². The molecule has 0 unspecified atom stereocenters. The van der Waals surface area contributed by atoms with Crippen molar-refractivity contribution in [1.29, 1.82) is 0 Å². The van der Waals surface area contributed by atoms with E-state index in [1.807, 2.05) is 32.9 Å². The Balaban J connectivity index is 1.75. The van der Waals surface area contributed by atoms with Crippen LogP contribution >= 0.6 is 0 Å². The van der Waals surface area contributed by atoms with Crippen LogP contribution < -0.4 is 10.6 Å². The van der Waals surface area contributed by atoms with Crippen LogP contribution in [0.3, 0.4) is 0 Å². The summed E-state index contributed by atoms with van der Waals surface area (Å²) in [5.74, 6) is -0.365. The Morgan fingerprint density at radius 2 is 1.02 bits per heavy atom. The average molecular weight is 645 g/mol. The molecule has 0 aromatic heterocycles. The maximum atomic E-state index is 12.1. The highest BCUT2D eigenvalue weighted by atomic mass is 16.6. The van der Waals surface area contributed by atoms with Gasteiger partial charge >= 0.3 is 12.1 Å². The molecular formula is C32H56N2O11. The number of carbonyl (C=O) groups is 2. The van der Waals surface area contributed by atoms with E-state index in [2.05, 4.69) is 17.6 Å². The molecule has 260 valence electrons. The highest BCUT2D eigenvalue weighted by Crippen LogP contribution is 2.11. The number of unbranched alkanes of at least 4 members (excludes halogenated alkanes) is 1. The van der Waals surface area contributed by atoms with Crippen molar-refractivity contribution >= 4 is 17.7 Å². The third kappa shape index (κ3) is 26.4. The lowest BCUT2D eigenvalue weighted by atomic mass is 10.2. The van der Waals surface area contributed by atoms with Crippen LogP contribution in [-0.4, -0.2) is 130 Å². The van der Waals surface area contributed by atoms with Gasteiger partial charge < -0.3 is 53.3 Å². The third-order valence-electron chi connectivity index (χ3n) is 5.59. The molecule has 0 bridgehead atoms. The van der Waals surface area contributed by atoms with Gasteiger partial charge in [0.15, 0.2) is 0 Å². The van der Waals surface area contributed by atoms with Crippen LogP contribution in [0.2, 0.25) is 0 Å². The highest BCUT2D eigenvalue weighted by molar-refractivity contribution is 5.89. The van der Waals surface area contributed by atoms with Gasteiger partial charge in [0.05, 0.1) is 98.1 Å². The molecule has 1 aromatic rings. The molecule has 13 nitrogen and oxygen atoms in total. The molecule has 0 aliphatic carbocycles. The fraction of sp³-hybridized carbons (Fsp3) is 0.750. The largest absolute Gasteiger partial charge is 0.460 e. The van der Waals surface area contributed by atoms with E-state index in [4.69, 9.17) is 42.6 Å². The number of ether oxygens (including phenoxy) is 9. The molecule has 0 fully saturated rings. The normalized spacial score (nSPS) is 11.4. The molecule has 1 rings (SSSR count). The van der Waals surface area contributed by atoms with Crippen LogP contribution in [0.1, 0.15) is 50.9 Å². The van der Waals surface area contributed by atoms with E-state index in [-0.39, 0.29) is 12.6 Å².